The Balaban J connectivity index is 1.53. The lowest BCUT2D eigenvalue weighted by atomic mass is 9.84. The highest BCUT2D eigenvalue weighted by molar-refractivity contribution is 5.97. The molecule has 2 aromatic carbocycles. The molecule has 1 N–H and O–H groups in total. The maximum absolute atomic E-state index is 13.6. The van der Waals surface area contributed by atoms with Crippen molar-refractivity contribution in [3.05, 3.63) is 65.7 Å². The van der Waals surface area contributed by atoms with Crippen LogP contribution in [0.3, 0.4) is 0 Å². The largest absolute Gasteiger partial charge is 0.358 e. The second kappa shape index (κ2) is 9.12. The number of nitrogens with one attached hydrogen (secondary N) is 1. The van der Waals surface area contributed by atoms with Gasteiger partial charge in [0.1, 0.15) is 12.1 Å². The summed E-state index contributed by atoms with van der Waals surface area (Å²) in [7, 11) is 1.58. The molecular formula is C27H34N4O3. The highest BCUT2D eigenvalue weighted by Gasteiger charge is 2.54. The van der Waals surface area contributed by atoms with Crippen LogP contribution in [0.1, 0.15) is 49.5 Å². The topological polar surface area (TPSA) is 73.0 Å². The number of carbonyl (C=O) groups is 3. The summed E-state index contributed by atoms with van der Waals surface area (Å²) in [6.07, 6.45) is 1.05. The van der Waals surface area contributed by atoms with Gasteiger partial charge in [0.25, 0.3) is 11.8 Å². The summed E-state index contributed by atoms with van der Waals surface area (Å²) in [6.45, 7) is 7.82. The van der Waals surface area contributed by atoms with Crippen molar-refractivity contribution in [1.82, 2.24) is 15.1 Å². The maximum Gasteiger partial charge on any atom is 0.253 e. The molecule has 0 unspecified atom stereocenters. The number of likely N-dealkylation sites (N-methyl/N-ethyl adjacent to an activating group) is 1. The van der Waals surface area contributed by atoms with Crippen molar-refractivity contribution in [3.8, 4) is 0 Å². The maximum atomic E-state index is 13.6. The molecule has 4 rings (SSSR count). The monoisotopic (exact) mass is 462 g/mol. The van der Waals surface area contributed by atoms with Crippen molar-refractivity contribution in [2.45, 2.75) is 44.6 Å². The van der Waals surface area contributed by atoms with Crippen LogP contribution in [0.5, 0.6) is 0 Å². The van der Waals surface area contributed by atoms with E-state index in [2.05, 4.69) is 31.0 Å². The summed E-state index contributed by atoms with van der Waals surface area (Å²) < 4.78 is 0. The van der Waals surface area contributed by atoms with Gasteiger partial charge in [0.15, 0.2) is 0 Å². The van der Waals surface area contributed by atoms with Crippen molar-refractivity contribution in [1.29, 1.82) is 0 Å². The first kappa shape index (κ1) is 23.8. The lowest BCUT2D eigenvalue weighted by molar-refractivity contribution is -0.137. The number of benzene rings is 2. The van der Waals surface area contributed by atoms with E-state index in [4.69, 9.17) is 0 Å². The number of nitrogens with zero attached hydrogens (tertiary/aromatic N) is 3. The van der Waals surface area contributed by atoms with Crippen molar-refractivity contribution in [2.24, 2.45) is 0 Å². The predicted octanol–water partition coefficient (Wildman–Crippen LogP) is 3.01. The second-order valence-corrected chi connectivity index (χ2v) is 10.2. The molecule has 2 fully saturated rings. The van der Waals surface area contributed by atoms with E-state index in [1.165, 1.54) is 5.56 Å². The first-order valence-corrected chi connectivity index (χ1v) is 11.9. The van der Waals surface area contributed by atoms with Gasteiger partial charge >= 0.3 is 0 Å². The highest BCUT2D eigenvalue weighted by atomic mass is 16.2. The lowest BCUT2D eigenvalue weighted by Gasteiger charge is -2.43. The van der Waals surface area contributed by atoms with Crippen molar-refractivity contribution in [2.75, 3.05) is 38.3 Å². The van der Waals surface area contributed by atoms with Crippen LogP contribution in [0.2, 0.25) is 0 Å². The Kier molecular flexibility index (Phi) is 6.39. The molecule has 2 aliphatic heterocycles. The highest BCUT2D eigenvalue weighted by Crippen LogP contribution is 2.39. The SMILES string of the molecule is CNC(=O)CN1CN(c2ccccc2)C2(CCN(C(=O)c3ccc(C(C)(C)C)cc3)CC2)C1=O. The summed E-state index contributed by atoms with van der Waals surface area (Å²) in [5, 5.41) is 2.61. The minimum atomic E-state index is -0.748. The van der Waals surface area contributed by atoms with E-state index in [-0.39, 0.29) is 29.7 Å². The average Bonchev–Trinajstić information content (AvgIpc) is 3.10. The van der Waals surface area contributed by atoms with Gasteiger partial charge in [0.05, 0.1) is 6.67 Å². The molecule has 2 heterocycles. The van der Waals surface area contributed by atoms with Gasteiger partial charge in [-0.3, -0.25) is 14.4 Å². The molecule has 0 radical (unpaired) electrons. The zero-order valence-electron chi connectivity index (χ0n) is 20.5. The first-order chi connectivity index (χ1) is 16.2. The Bertz CT molecular complexity index is 1050. The van der Waals surface area contributed by atoms with Gasteiger partial charge in [-0.2, -0.15) is 0 Å². The molecule has 3 amide bonds. The van der Waals surface area contributed by atoms with Gasteiger partial charge in [-0.15, -0.1) is 0 Å². The molecule has 7 nitrogen and oxygen atoms in total. The smallest absolute Gasteiger partial charge is 0.253 e. The fraction of sp³-hybridized carbons (Fsp3) is 0.444. The zero-order chi connectivity index (χ0) is 24.5. The van der Waals surface area contributed by atoms with E-state index in [1.54, 1.807) is 11.9 Å². The molecule has 34 heavy (non-hydrogen) atoms. The summed E-state index contributed by atoms with van der Waals surface area (Å²) >= 11 is 0. The Morgan fingerprint density at radius 3 is 2.15 bits per heavy atom. The van der Waals surface area contributed by atoms with E-state index in [9.17, 15) is 14.4 Å². The van der Waals surface area contributed by atoms with Crippen molar-refractivity contribution >= 4 is 23.4 Å². The molecule has 0 aliphatic carbocycles. The number of carbonyl (C=O) groups excluding carboxylic acids is 3. The van der Waals surface area contributed by atoms with Crippen molar-refractivity contribution in [3.63, 3.8) is 0 Å². The molecule has 180 valence electrons. The molecular weight excluding hydrogens is 428 g/mol. The van der Waals surface area contributed by atoms with E-state index < -0.39 is 5.54 Å². The average molecular weight is 463 g/mol. The van der Waals surface area contributed by atoms with Gasteiger partial charge < -0.3 is 20.0 Å². The molecule has 0 aromatic heterocycles. The molecule has 1 spiro atoms. The number of amides is 3. The van der Waals surface area contributed by atoms with Gasteiger partial charge in [-0.1, -0.05) is 51.1 Å². The van der Waals surface area contributed by atoms with Gasteiger partial charge in [0, 0.05) is 31.4 Å². The Hall–Kier alpha value is -3.35. The minimum absolute atomic E-state index is 0.00534. The van der Waals surface area contributed by atoms with Crippen LogP contribution >= 0.6 is 0 Å². The number of para-hydroxylation sites is 1. The van der Waals surface area contributed by atoms with Crippen molar-refractivity contribution < 1.29 is 14.4 Å². The molecule has 0 bridgehead atoms. The van der Waals surface area contributed by atoms with Crippen LogP contribution in [0, 0.1) is 0 Å². The minimum Gasteiger partial charge on any atom is -0.358 e. The van der Waals surface area contributed by atoms with Crippen LogP contribution in [0.4, 0.5) is 5.69 Å². The number of hydrogen-bond donors (Lipinski definition) is 1. The van der Waals surface area contributed by atoms with E-state index in [0.29, 0.717) is 38.2 Å². The third-order valence-electron chi connectivity index (χ3n) is 7.07. The fourth-order valence-electron chi connectivity index (χ4n) is 4.95. The molecule has 2 aromatic rings. The summed E-state index contributed by atoms with van der Waals surface area (Å²) in [5.41, 5.74) is 2.09. The quantitative estimate of drug-likeness (QED) is 0.758. The number of rotatable bonds is 4. The summed E-state index contributed by atoms with van der Waals surface area (Å²) in [6, 6.07) is 17.7. The Morgan fingerprint density at radius 2 is 1.59 bits per heavy atom. The standard InChI is InChI=1S/C27H34N4O3/c1-26(2,3)21-12-10-20(11-13-21)24(33)29-16-14-27(15-17-29)25(34)30(18-23(32)28-4)19-31(27)22-8-6-5-7-9-22/h5-13H,14-19H2,1-4H3,(H,28,32). The molecule has 7 heteroatoms. The first-order valence-electron chi connectivity index (χ1n) is 11.9. The van der Waals surface area contributed by atoms with Crippen LogP contribution < -0.4 is 10.2 Å². The molecule has 2 saturated heterocycles. The molecule has 2 aliphatic rings. The van der Waals surface area contributed by atoms with Crippen LogP contribution in [-0.2, 0) is 15.0 Å². The summed E-state index contributed by atoms with van der Waals surface area (Å²) in [4.78, 5) is 44.4. The number of hydrogen-bond acceptors (Lipinski definition) is 4. The summed E-state index contributed by atoms with van der Waals surface area (Å²) in [5.74, 6) is -0.236. The van der Waals surface area contributed by atoms with Crippen LogP contribution in [0.15, 0.2) is 54.6 Å². The fourth-order valence-corrected chi connectivity index (χ4v) is 4.95. The normalized spacial score (nSPS) is 17.9. The molecule has 0 saturated carbocycles. The molecule has 0 atom stereocenters. The zero-order valence-corrected chi connectivity index (χ0v) is 20.5. The lowest BCUT2D eigenvalue weighted by Crippen LogP contribution is -2.57. The van der Waals surface area contributed by atoms with E-state index >= 15 is 0 Å². The Labute approximate surface area is 201 Å². The third kappa shape index (κ3) is 4.39. The Morgan fingerprint density at radius 1 is 0.971 bits per heavy atom. The third-order valence-corrected chi connectivity index (χ3v) is 7.07. The van der Waals surface area contributed by atoms with Gasteiger partial charge in [-0.25, -0.2) is 0 Å². The number of likely N-dealkylation sites (tertiary alicyclic amines) is 1. The van der Waals surface area contributed by atoms with Crippen LogP contribution in [0.25, 0.3) is 0 Å². The van der Waals surface area contributed by atoms with Gasteiger partial charge in [-0.05, 0) is 48.1 Å². The predicted molar refractivity (Wildman–Crippen MR) is 133 cm³/mol. The van der Waals surface area contributed by atoms with Gasteiger partial charge in [0.2, 0.25) is 5.91 Å². The number of anilines is 1. The number of piperidine rings is 1. The van der Waals surface area contributed by atoms with E-state index in [1.807, 2.05) is 59.5 Å². The van der Waals surface area contributed by atoms with Crippen LogP contribution in [-0.4, -0.2) is 66.4 Å². The van der Waals surface area contributed by atoms with E-state index in [0.717, 1.165) is 5.69 Å². The second-order valence-electron chi connectivity index (χ2n) is 10.2.